The van der Waals surface area contributed by atoms with Gasteiger partial charge in [-0.05, 0) is 31.4 Å². The molecule has 1 N–H and O–H groups in total. The number of hydrogen-bond donors (Lipinski definition) is 1. The van der Waals surface area contributed by atoms with E-state index in [-0.39, 0.29) is 17.6 Å². The van der Waals surface area contributed by atoms with Crippen LogP contribution in [0, 0.1) is 27.4 Å². The first-order valence-corrected chi connectivity index (χ1v) is 8.32. The molecule has 2 unspecified atom stereocenters. The van der Waals surface area contributed by atoms with Gasteiger partial charge < -0.3 is 5.32 Å². The van der Waals surface area contributed by atoms with Crippen molar-refractivity contribution in [2.75, 3.05) is 5.32 Å². The molecule has 2 rings (SSSR count). The van der Waals surface area contributed by atoms with Gasteiger partial charge in [-0.2, -0.15) is 18.4 Å². The highest BCUT2D eigenvalue weighted by atomic mass is 32.2. The van der Waals surface area contributed by atoms with Gasteiger partial charge in [-0.3, -0.25) is 10.1 Å². The van der Waals surface area contributed by atoms with Crippen molar-refractivity contribution in [2.45, 2.75) is 35.7 Å². The minimum absolute atomic E-state index is 0.117. The lowest BCUT2D eigenvalue weighted by Crippen LogP contribution is -2.25. The maximum absolute atomic E-state index is 12.6. The molecule has 2 atom stereocenters. The van der Waals surface area contributed by atoms with Crippen LogP contribution < -0.4 is 5.32 Å². The largest absolute Gasteiger partial charge is 0.501 e. The molecule has 0 bridgehead atoms. The van der Waals surface area contributed by atoms with Gasteiger partial charge in [0.25, 0.3) is 15.5 Å². The van der Waals surface area contributed by atoms with Gasteiger partial charge in [-0.15, -0.1) is 0 Å². The van der Waals surface area contributed by atoms with Crippen LogP contribution in [0.5, 0.6) is 0 Å². The molecule has 1 aromatic rings. The predicted octanol–water partition coefficient (Wildman–Crippen LogP) is 2.99. The van der Waals surface area contributed by atoms with E-state index in [9.17, 15) is 31.7 Å². The number of nitriles is 1. The minimum Gasteiger partial charge on any atom is -0.375 e. The van der Waals surface area contributed by atoms with Gasteiger partial charge in [0, 0.05) is 12.1 Å². The summed E-state index contributed by atoms with van der Waals surface area (Å²) in [5.41, 5.74) is -6.45. The van der Waals surface area contributed by atoms with Gasteiger partial charge in [-0.25, -0.2) is 8.42 Å². The van der Waals surface area contributed by atoms with Crippen molar-refractivity contribution in [2.24, 2.45) is 5.92 Å². The summed E-state index contributed by atoms with van der Waals surface area (Å²) in [7, 11) is -5.68. The molecule has 130 valence electrons. The summed E-state index contributed by atoms with van der Waals surface area (Å²) >= 11 is 0. The normalized spacial score (nSPS) is 21.2. The Balaban J connectivity index is 2.42. The molecule has 0 saturated heterocycles. The molecule has 1 fully saturated rings. The molecule has 1 saturated carbocycles. The van der Waals surface area contributed by atoms with Gasteiger partial charge in [-0.1, -0.05) is 0 Å². The number of sulfone groups is 1. The van der Waals surface area contributed by atoms with Crippen molar-refractivity contribution in [3.63, 3.8) is 0 Å². The number of nitro groups is 1. The molecule has 11 heteroatoms. The van der Waals surface area contributed by atoms with E-state index in [1.807, 2.05) is 0 Å². The number of rotatable bonds is 4. The lowest BCUT2D eigenvalue weighted by atomic mass is 10.1. The Labute approximate surface area is 135 Å². The summed E-state index contributed by atoms with van der Waals surface area (Å²) in [6.07, 6.45) is 1.94. The van der Waals surface area contributed by atoms with Gasteiger partial charge in [0.2, 0.25) is 0 Å². The Hall–Kier alpha value is -2.35. The lowest BCUT2D eigenvalue weighted by molar-refractivity contribution is -0.384. The number of alkyl halides is 3. The van der Waals surface area contributed by atoms with E-state index in [2.05, 4.69) is 11.4 Å². The van der Waals surface area contributed by atoms with Crippen molar-refractivity contribution in [3.05, 3.63) is 28.3 Å². The van der Waals surface area contributed by atoms with Crippen molar-refractivity contribution in [1.29, 1.82) is 5.26 Å². The third kappa shape index (κ3) is 3.28. The molecule has 0 aromatic heterocycles. The van der Waals surface area contributed by atoms with Crippen molar-refractivity contribution < 1.29 is 26.5 Å². The zero-order chi connectivity index (χ0) is 18.1. The van der Waals surface area contributed by atoms with Crippen LogP contribution >= 0.6 is 0 Å². The molecule has 1 aromatic carbocycles. The van der Waals surface area contributed by atoms with E-state index < -0.39 is 30.9 Å². The first-order chi connectivity index (χ1) is 11.1. The van der Waals surface area contributed by atoms with E-state index >= 15 is 0 Å². The van der Waals surface area contributed by atoms with Gasteiger partial charge in [0.05, 0.1) is 21.8 Å². The number of nitro benzene ring substituents is 1. The van der Waals surface area contributed by atoms with Crippen LogP contribution in [0.4, 0.5) is 24.5 Å². The van der Waals surface area contributed by atoms with Crippen molar-refractivity contribution >= 4 is 21.2 Å². The Morgan fingerprint density at radius 2 is 2.00 bits per heavy atom. The Morgan fingerprint density at radius 1 is 1.33 bits per heavy atom. The number of nitrogens with one attached hydrogen (secondary N) is 1. The second-order valence-corrected chi connectivity index (χ2v) is 7.24. The van der Waals surface area contributed by atoms with Crippen LogP contribution in [0.3, 0.4) is 0 Å². The molecule has 7 nitrogen and oxygen atoms in total. The fourth-order valence-electron chi connectivity index (χ4n) is 2.57. The maximum atomic E-state index is 12.6. The second kappa shape index (κ2) is 6.27. The van der Waals surface area contributed by atoms with Crippen LogP contribution in [-0.4, -0.2) is 24.9 Å². The van der Waals surface area contributed by atoms with E-state index in [1.54, 1.807) is 0 Å². The van der Waals surface area contributed by atoms with E-state index in [0.29, 0.717) is 25.0 Å². The van der Waals surface area contributed by atoms with Crippen LogP contribution in [0.1, 0.15) is 19.3 Å². The quantitative estimate of drug-likeness (QED) is 0.650. The molecular formula is C13H12F3N3O4S. The van der Waals surface area contributed by atoms with Crippen molar-refractivity contribution in [1.82, 2.24) is 0 Å². The van der Waals surface area contributed by atoms with E-state index in [1.165, 1.54) is 0 Å². The second-order valence-electron chi connectivity index (χ2n) is 5.30. The first kappa shape index (κ1) is 18.0. The molecular weight excluding hydrogens is 351 g/mol. The van der Waals surface area contributed by atoms with Gasteiger partial charge in [0.15, 0.2) is 0 Å². The zero-order valence-electron chi connectivity index (χ0n) is 12.1. The topological polar surface area (TPSA) is 113 Å². The summed E-state index contributed by atoms with van der Waals surface area (Å²) in [6.45, 7) is 0. The average molecular weight is 363 g/mol. The molecule has 1 aliphatic rings. The molecule has 24 heavy (non-hydrogen) atoms. The standard InChI is InChI=1S/C13H12F3N3O4S/c14-13(15,16)24(22,23)9-4-5-11(12(6-9)19(20)21)18-10-3-1-2-8(10)7-17/h4-6,8,10,18H,1-3H2. The van der Waals surface area contributed by atoms with Gasteiger partial charge in [0.1, 0.15) is 5.69 Å². The monoisotopic (exact) mass is 363 g/mol. The third-order valence-corrected chi connectivity index (χ3v) is 5.29. The van der Waals surface area contributed by atoms with Crippen LogP contribution in [0.15, 0.2) is 23.1 Å². The van der Waals surface area contributed by atoms with Crippen LogP contribution in [0.2, 0.25) is 0 Å². The molecule has 0 radical (unpaired) electrons. The SMILES string of the molecule is N#CC1CCCC1Nc1ccc(S(=O)(=O)C(F)(F)F)cc1[N+](=O)[O-]. The highest BCUT2D eigenvalue weighted by Gasteiger charge is 2.47. The zero-order valence-corrected chi connectivity index (χ0v) is 12.9. The fraction of sp³-hybridized carbons (Fsp3) is 0.462. The van der Waals surface area contributed by atoms with E-state index in [4.69, 9.17) is 5.26 Å². The average Bonchev–Trinajstić information content (AvgIpc) is 2.93. The molecule has 0 heterocycles. The van der Waals surface area contributed by atoms with Crippen LogP contribution in [-0.2, 0) is 9.84 Å². The van der Waals surface area contributed by atoms with Gasteiger partial charge >= 0.3 is 5.51 Å². The smallest absolute Gasteiger partial charge is 0.375 e. The van der Waals surface area contributed by atoms with E-state index in [0.717, 1.165) is 12.5 Å². The Kier molecular flexibility index (Phi) is 4.70. The molecule has 0 aliphatic heterocycles. The third-order valence-electron chi connectivity index (χ3n) is 3.80. The number of benzene rings is 1. The maximum Gasteiger partial charge on any atom is 0.501 e. The number of hydrogen-bond acceptors (Lipinski definition) is 6. The fourth-order valence-corrected chi connectivity index (χ4v) is 3.35. The Bertz CT molecular complexity index is 802. The minimum atomic E-state index is -5.68. The lowest BCUT2D eigenvalue weighted by Gasteiger charge is -2.17. The highest BCUT2D eigenvalue weighted by molar-refractivity contribution is 7.92. The first-order valence-electron chi connectivity index (χ1n) is 6.84. The summed E-state index contributed by atoms with van der Waals surface area (Å²) in [5, 5.41) is 22.9. The summed E-state index contributed by atoms with van der Waals surface area (Å²) in [4.78, 5) is 8.94. The molecule has 0 spiro atoms. The number of anilines is 1. The Morgan fingerprint density at radius 3 is 2.54 bits per heavy atom. The summed E-state index contributed by atoms with van der Waals surface area (Å²) in [6, 6.07) is 3.64. The summed E-state index contributed by atoms with van der Waals surface area (Å²) < 4.78 is 60.4. The van der Waals surface area contributed by atoms with Crippen LogP contribution in [0.25, 0.3) is 0 Å². The molecule has 1 aliphatic carbocycles. The number of halogens is 3. The molecule has 0 amide bonds. The highest BCUT2D eigenvalue weighted by Crippen LogP contribution is 2.36. The predicted molar refractivity (Wildman–Crippen MR) is 76.7 cm³/mol. The summed E-state index contributed by atoms with van der Waals surface area (Å²) in [5.74, 6) is -0.372. The number of nitrogens with zero attached hydrogens (tertiary/aromatic N) is 2. The van der Waals surface area contributed by atoms with Crippen molar-refractivity contribution in [3.8, 4) is 6.07 Å².